The zero-order chi connectivity index (χ0) is 18.5. The number of nitrogens with one attached hydrogen (secondary N) is 1. The third-order valence-electron chi connectivity index (χ3n) is 3.69. The highest BCUT2D eigenvalue weighted by Gasteiger charge is 2.31. The number of rotatable bonds is 5. The molecule has 1 aromatic carbocycles. The van der Waals surface area contributed by atoms with Crippen LogP contribution < -0.4 is 5.32 Å². The second-order valence-corrected chi connectivity index (χ2v) is 6.83. The molecule has 1 N–H and O–H groups in total. The maximum Gasteiger partial charge on any atom is 0.311 e. The minimum absolute atomic E-state index is 0.272. The first-order chi connectivity index (χ1) is 12.6. The largest absolute Gasteiger partial charge is 0.423 e. The van der Waals surface area contributed by atoms with Gasteiger partial charge in [0.25, 0.3) is 5.91 Å². The minimum Gasteiger partial charge on any atom is -0.423 e. The quantitative estimate of drug-likeness (QED) is 0.640. The Bertz CT molecular complexity index is 852. The molecular weight excluding hydrogens is 350 g/mol. The smallest absolute Gasteiger partial charge is 0.311 e. The number of esters is 1. The maximum atomic E-state index is 12.9. The maximum absolute atomic E-state index is 12.9. The zero-order valence-electron chi connectivity index (χ0n) is 14.6. The van der Waals surface area contributed by atoms with Gasteiger partial charge in [-0.2, -0.15) is 0 Å². The predicted octanol–water partition coefficient (Wildman–Crippen LogP) is 3.68. The predicted molar refractivity (Wildman–Crippen MR) is 101 cm³/mol. The van der Waals surface area contributed by atoms with Gasteiger partial charge in [-0.3, -0.25) is 9.59 Å². The van der Waals surface area contributed by atoms with Crippen LogP contribution in [0.5, 0.6) is 0 Å². The highest BCUT2D eigenvalue weighted by molar-refractivity contribution is 7.97. The van der Waals surface area contributed by atoms with Crippen molar-refractivity contribution in [3.8, 4) is 0 Å². The van der Waals surface area contributed by atoms with Crippen LogP contribution >= 0.6 is 11.9 Å². The Morgan fingerprint density at radius 3 is 2.69 bits per heavy atom. The van der Waals surface area contributed by atoms with Crippen molar-refractivity contribution < 1.29 is 14.3 Å². The molecule has 0 aliphatic carbocycles. The molecule has 0 saturated carbocycles. The number of hydrogen-bond acceptors (Lipinski definition) is 6. The normalized spacial score (nSPS) is 13.2. The lowest BCUT2D eigenvalue weighted by molar-refractivity contribution is -0.136. The average Bonchev–Trinajstić information content (AvgIpc) is 2.62. The molecule has 1 aliphatic heterocycles. The van der Waals surface area contributed by atoms with Crippen LogP contribution in [0.4, 0.5) is 5.82 Å². The molecule has 3 rings (SSSR count). The van der Waals surface area contributed by atoms with E-state index in [1.807, 2.05) is 31.2 Å². The monoisotopic (exact) mass is 369 g/mol. The summed E-state index contributed by atoms with van der Waals surface area (Å²) in [6.07, 6.45) is 2.56. The molecule has 26 heavy (non-hydrogen) atoms. The number of carbonyl (C=O) groups is 2. The molecule has 1 aromatic heterocycles. The number of amides is 1. The summed E-state index contributed by atoms with van der Waals surface area (Å²) in [4.78, 5) is 30.0. The number of anilines is 1. The van der Waals surface area contributed by atoms with Crippen molar-refractivity contribution >= 4 is 35.4 Å². The standard InChI is InChI=1S/C19H19N3O3S/c1-3-8-16(23)25-18-13-9-4-5-10-14(13)26-22(2)17(18)19(24)21-15-11-6-7-12-20-15/h4-7,9-12H,3,8H2,1-2H3,(H,20,21,24). The van der Waals surface area contributed by atoms with E-state index in [4.69, 9.17) is 4.74 Å². The van der Waals surface area contributed by atoms with Crippen LogP contribution in [0.25, 0.3) is 5.76 Å². The van der Waals surface area contributed by atoms with Gasteiger partial charge in [-0.25, -0.2) is 4.98 Å². The second kappa shape index (κ2) is 8.05. The molecule has 7 heteroatoms. The lowest BCUT2D eigenvalue weighted by atomic mass is 10.1. The summed E-state index contributed by atoms with van der Waals surface area (Å²) in [6, 6.07) is 12.8. The van der Waals surface area contributed by atoms with E-state index < -0.39 is 0 Å². The Kier molecular flexibility index (Phi) is 5.58. The lowest BCUT2D eigenvalue weighted by Crippen LogP contribution is -2.29. The number of carbonyl (C=O) groups excluding carboxylic acids is 2. The minimum atomic E-state index is -0.382. The summed E-state index contributed by atoms with van der Waals surface area (Å²) < 4.78 is 7.31. The molecule has 2 heterocycles. The zero-order valence-corrected chi connectivity index (χ0v) is 15.4. The molecule has 6 nitrogen and oxygen atoms in total. The fraction of sp³-hybridized carbons (Fsp3) is 0.211. The van der Waals surface area contributed by atoms with E-state index in [0.717, 1.165) is 10.5 Å². The van der Waals surface area contributed by atoms with E-state index in [1.54, 1.807) is 35.7 Å². The molecule has 0 fully saturated rings. The van der Waals surface area contributed by atoms with Gasteiger partial charge in [0.15, 0.2) is 11.5 Å². The Balaban J connectivity index is 2.01. The molecular formula is C19H19N3O3S. The highest BCUT2D eigenvalue weighted by Crippen LogP contribution is 2.40. The van der Waals surface area contributed by atoms with Crippen molar-refractivity contribution in [2.45, 2.75) is 24.7 Å². The van der Waals surface area contributed by atoms with Crippen molar-refractivity contribution in [3.63, 3.8) is 0 Å². The number of nitrogens with zero attached hydrogens (tertiary/aromatic N) is 2. The van der Waals surface area contributed by atoms with Gasteiger partial charge in [0.1, 0.15) is 5.82 Å². The van der Waals surface area contributed by atoms with Gasteiger partial charge in [0, 0.05) is 30.1 Å². The fourth-order valence-electron chi connectivity index (χ4n) is 2.53. The molecule has 1 amide bonds. The van der Waals surface area contributed by atoms with Crippen molar-refractivity contribution in [2.75, 3.05) is 12.4 Å². The summed E-state index contributed by atoms with van der Waals surface area (Å²) in [6.45, 7) is 1.90. The number of likely N-dealkylation sites (N-methyl/N-ethyl adjacent to an activating group) is 1. The van der Waals surface area contributed by atoms with Gasteiger partial charge >= 0.3 is 5.97 Å². The molecule has 0 spiro atoms. The van der Waals surface area contributed by atoms with Gasteiger partial charge in [-0.1, -0.05) is 25.1 Å². The van der Waals surface area contributed by atoms with E-state index >= 15 is 0 Å². The third-order valence-corrected chi connectivity index (χ3v) is 4.70. The van der Waals surface area contributed by atoms with Gasteiger partial charge in [-0.15, -0.1) is 0 Å². The molecule has 0 radical (unpaired) electrons. The van der Waals surface area contributed by atoms with E-state index in [-0.39, 0.29) is 29.8 Å². The highest BCUT2D eigenvalue weighted by atomic mass is 32.2. The first kappa shape index (κ1) is 18.0. The van der Waals surface area contributed by atoms with Crippen molar-refractivity contribution in [1.29, 1.82) is 0 Å². The van der Waals surface area contributed by atoms with Crippen LogP contribution in [0, 0.1) is 0 Å². The summed E-state index contributed by atoms with van der Waals surface area (Å²) in [7, 11) is 1.77. The molecule has 1 aliphatic rings. The third kappa shape index (κ3) is 3.88. The van der Waals surface area contributed by atoms with Crippen LogP contribution in [-0.2, 0) is 14.3 Å². The number of pyridine rings is 1. The summed E-state index contributed by atoms with van der Waals surface area (Å²) in [5, 5.41) is 2.75. The molecule has 134 valence electrons. The Morgan fingerprint density at radius 2 is 1.96 bits per heavy atom. The van der Waals surface area contributed by atoms with E-state index in [1.165, 1.54) is 11.9 Å². The van der Waals surface area contributed by atoms with Crippen molar-refractivity contribution in [2.24, 2.45) is 0 Å². The first-order valence-corrected chi connectivity index (χ1v) is 9.06. The van der Waals surface area contributed by atoms with E-state index in [0.29, 0.717) is 12.2 Å². The topological polar surface area (TPSA) is 71.5 Å². The summed E-state index contributed by atoms with van der Waals surface area (Å²) in [5.41, 5.74) is 1.01. The number of ether oxygens (including phenoxy) is 1. The molecule has 0 saturated heterocycles. The van der Waals surface area contributed by atoms with Crippen LogP contribution in [-0.4, -0.2) is 28.2 Å². The Morgan fingerprint density at radius 1 is 1.19 bits per heavy atom. The van der Waals surface area contributed by atoms with E-state index in [2.05, 4.69) is 10.3 Å². The number of hydrogen-bond donors (Lipinski definition) is 1. The molecule has 2 aromatic rings. The van der Waals surface area contributed by atoms with Crippen LogP contribution in [0.2, 0.25) is 0 Å². The van der Waals surface area contributed by atoms with Crippen LogP contribution in [0.15, 0.2) is 59.3 Å². The Hall–Kier alpha value is -2.80. The first-order valence-electron chi connectivity index (χ1n) is 8.28. The van der Waals surface area contributed by atoms with Gasteiger partial charge in [-0.05, 0) is 42.6 Å². The van der Waals surface area contributed by atoms with Crippen LogP contribution in [0.1, 0.15) is 25.3 Å². The molecule has 0 unspecified atom stereocenters. The summed E-state index contributed by atoms with van der Waals surface area (Å²) >= 11 is 1.41. The SMILES string of the molecule is CCCC(=O)OC1=C(C(=O)Nc2ccccn2)N(C)Sc2ccccc21. The van der Waals surface area contributed by atoms with Gasteiger partial charge in [0.2, 0.25) is 0 Å². The Labute approximate surface area is 156 Å². The lowest BCUT2D eigenvalue weighted by Gasteiger charge is -2.29. The van der Waals surface area contributed by atoms with Crippen molar-refractivity contribution in [1.82, 2.24) is 9.29 Å². The van der Waals surface area contributed by atoms with Gasteiger partial charge in [0.05, 0.1) is 0 Å². The number of benzene rings is 1. The summed E-state index contributed by atoms with van der Waals surface area (Å²) in [5.74, 6) is -0.0385. The second-order valence-electron chi connectivity index (χ2n) is 5.66. The molecule has 0 atom stereocenters. The van der Waals surface area contributed by atoms with Crippen LogP contribution in [0.3, 0.4) is 0 Å². The molecule has 0 bridgehead atoms. The number of fused-ring (bicyclic) bond motifs is 1. The van der Waals surface area contributed by atoms with Gasteiger partial charge < -0.3 is 14.4 Å². The number of aromatic nitrogens is 1. The van der Waals surface area contributed by atoms with E-state index in [9.17, 15) is 9.59 Å². The fourth-order valence-corrected chi connectivity index (χ4v) is 3.48. The van der Waals surface area contributed by atoms with Crippen molar-refractivity contribution in [3.05, 3.63) is 59.9 Å². The average molecular weight is 369 g/mol.